The van der Waals surface area contributed by atoms with Crippen molar-refractivity contribution in [2.75, 3.05) is 5.75 Å². The third-order valence-corrected chi connectivity index (χ3v) is 4.94. The highest BCUT2D eigenvalue weighted by Crippen LogP contribution is 2.35. The second-order valence-electron chi connectivity index (χ2n) is 3.72. The fourth-order valence-corrected chi connectivity index (χ4v) is 3.04. The number of allylic oxidation sites excluding steroid dienone is 1. The van der Waals surface area contributed by atoms with Crippen molar-refractivity contribution < 1.29 is 4.92 Å². The minimum Gasteiger partial charge on any atom is -0.258 e. The van der Waals surface area contributed by atoms with E-state index in [1.807, 2.05) is 0 Å². The normalized spacial score (nSPS) is 13.9. The molecule has 0 saturated heterocycles. The first-order valence-electron chi connectivity index (χ1n) is 5.79. The predicted octanol–water partition coefficient (Wildman–Crippen LogP) is 6.42. The van der Waals surface area contributed by atoms with E-state index in [-0.39, 0.29) is 19.0 Å². The zero-order valence-electron chi connectivity index (χ0n) is 10.4. The van der Waals surface area contributed by atoms with Gasteiger partial charge in [0.15, 0.2) is 4.36 Å². The van der Waals surface area contributed by atoms with Crippen LogP contribution in [0, 0.1) is 10.1 Å². The molecule has 0 fully saturated rings. The van der Waals surface area contributed by atoms with Crippen LogP contribution in [0.1, 0.15) is 39.0 Å². The van der Waals surface area contributed by atoms with Crippen molar-refractivity contribution in [3.8, 4) is 0 Å². The molecule has 110 valence electrons. The number of unbranched alkanes of at least 4 members (excludes halogenated alkanes) is 4. The molecule has 0 rings (SSSR count). The number of nitrogens with zero attached hydrogens (tertiary/aromatic N) is 1. The lowest BCUT2D eigenvalue weighted by Gasteiger charge is -2.03. The smallest absolute Gasteiger partial charge is 0.258 e. The number of nitro groups is 1. The van der Waals surface area contributed by atoms with Gasteiger partial charge in [-0.05, 0) is 28.1 Å². The average molecular weight is 412 g/mol. The highest BCUT2D eigenvalue weighted by atomic mass is 79.9. The second kappa shape index (κ2) is 11.3. The Labute approximate surface area is 141 Å². The van der Waals surface area contributed by atoms with Crippen LogP contribution < -0.4 is 0 Å². The minimum absolute atomic E-state index is 0.0254. The molecule has 0 bridgehead atoms. The van der Waals surface area contributed by atoms with Gasteiger partial charge >= 0.3 is 5.70 Å². The molecule has 0 aromatic heterocycles. The van der Waals surface area contributed by atoms with E-state index in [2.05, 4.69) is 22.9 Å². The van der Waals surface area contributed by atoms with Crippen molar-refractivity contribution in [1.29, 1.82) is 0 Å². The Morgan fingerprint density at radius 2 is 1.79 bits per heavy atom. The van der Waals surface area contributed by atoms with E-state index in [1.54, 1.807) is 0 Å². The Morgan fingerprint density at radius 1 is 1.21 bits per heavy atom. The predicted molar refractivity (Wildman–Crippen MR) is 88.7 cm³/mol. The number of hydrogen-bond acceptors (Lipinski definition) is 3. The summed E-state index contributed by atoms with van der Waals surface area (Å²) in [4.78, 5) is 10.3. The molecule has 0 spiro atoms. The minimum atomic E-state index is -0.627. The van der Waals surface area contributed by atoms with Gasteiger partial charge in [0, 0.05) is 0 Å². The van der Waals surface area contributed by atoms with Gasteiger partial charge in [0.25, 0.3) is 0 Å². The molecule has 19 heavy (non-hydrogen) atoms. The molecule has 0 saturated carbocycles. The van der Waals surface area contributed by atoms with Crippen molar-refractivity contribution in [2.45, 2.75) is 39.0 Å². The molecule has 0 amide bonds. The van der Waals surface area contributed by atoms with Crippen LogP contribution in [-0.4, -0.2) is 10.7 Å². The van der Waals surface area contributed by atoms with Gasteiger partial charge in [0.2, 0.25) is 0 Å². The summed E-state index contributed by atoms with van der Waals surface area (Å²) in [5.74, 6) is 0.726. The van der Waals surface area contributed by atoms with Gasteiger partial charge < -0.3 is 0 Å². The SMILES string of the molecule is CCCCCCCS/C(Cl)=C(/C(Cl)=C(/Cl)Br)[N+](=O)[O-]. The molecular formula is C11H15BrCl3NO2S. The maximum absolute atomic E-state index is 10.9. The van der Waals surface area contributed by atoms with E-state index in [1.165, 1.54) is 31.0 Å². The topological polar surface area (TPSA) is 43.1 Å². The number of halogens is 4. The Balaban J connectivity index is 4.46. The Hall–Kier alpha value is 0.580. The zero-order valence-corrected chi connectivity index (χ0v) is 15.1. The Kier molecular flexibility index (Phi) is 11.6. The molecular weight excluding hydrogens is 396 g/mol. The van der Waals surface area contributed by atoms with Crippen LogP contribution in [0.4, 0.5) is 0 Å². The van der Waals surface area contributed by atoms with Crippen LogP contribution in [0.25, 0.3) is 0 Å². The highest BCUT2D eigenvalue weighted by Gasteiger charge is 2.24. The highest BCUT2D eigenvalue weighted by molar-refractivity contribution is 9.12. The summed E-state index contributed by atoms with van der Waals surface area (Å²) in [7, 11) is 0. The van der Waals surface area contributed by atoms with E-state index in [0.717, 1.165) is 18.6 Å². The maximum Gasteiger partial charge on any atom is 0.314 e. The second-order valence-corrected chi connectivity index (χ2v) is 7.43. The van der Waals surface area contributed by atoms with Gasteiger partial charge in [-0.2, -0.15) is 0 Å². The number of hydrogen-bond donors (Lipinski definition) is 0. The van der Waals surface area contributed by atoms with Crippen molar-refractivity contribution in [2.24, 2.45) is 0 Å². The Bertz CT molecular complexity index is 371. The average Bonchev–Trinajstić information content (AvgIpc) is 2.33. The van der Waals surface area contributed by atoms with E-state index in [9.17, 15) is 10.1 Å². The summed E-state index contributed by atoms with van der Waals surface area (Å²) in [6, 6.07) is 0. The lowest BCUT2D eigenvalue weighted by Crippen LogP contribution is -2.01. The fraction of sp³-hybridized carbons (Fsp3) is 0.636. The first-order chi connectivity index (χ1) is 8.91. The largest absolute Gasteiger partial charge is 0.314 e. The molecule has 0 unspecified atom stereocenters. The summed E-state index contributed by atoms with van der Waals surface area (Å²) in [6.45, 7) is 2.15. The van der Waals surface area contributed by atoms with Crippen LogP contribution in [0.5, 0.6) is 0 Å². The van der Waals surface area contributed by atoms with E-state index >= 15 is 0 Å². The van der Waals surface area contributed by atoms with Gasteiger partial charge in [-0.15, -0.1) is 11.8 Å². The summed E-state index contributed by atoms with van der Waals surface area (Å²) in [6.07, 6.45) is 5.64. The summed E-state index contributed by atoms with van der Waals surface area (Å²) in [5.41, 5.74) is -0.358. The first kappa shape index (κ1) is 19.6. The number of thioether (sulfide) groups is 1. The molecule has 0 aromatic carbocycles. The summed E-state index contributed by atoms with van der Waals surface area (Å²) in [5, 5.41) is 10.7. The molecule has 0 atom stereocenters. The third kappa shape index (κ3) is 8.45. The van der Waals surface area contributed by atoms with Crippen molar-refractivity contribution >= 4 is 62.5 Å². The van der Waals surface area contributed by atoms with E-state index < -0.39 is 4.92 Å². The summed E-state index contributed by atoms with van der Waals surface area (Å²) >= 11 is 21.4. The molecule has 0 N–H and O–H groups in total. The van der Waals surface area contributed by atoms with Gasteiger partial charge in [0.1, 0.15) is 8.97 Å². The van der Waals surface area contributed by atoms with Crippen molar-refractivity contribution in [1.82, 2.24) is 0 Å². The van der Waals surface area contributed by atoms with Crippen LogP contribution in [-0.2, 0) is 0 Å². The molecule has 0 heterocycles. The molecule has 0 aliphatic rings. The van der Waals surface area contributed by atoms with Crippen molar-refractivity contribution in [3.63, 3.8) is 0 Å². The molecule has 3 nitrogen and oxygen atoms in total. The van der Waals surface area contributed by atoms with Gasteiger partial charge in [-0.25, -0.2) is 0 Å². The molecule has 0 aliphatic carbocycles. The van der Waals surface area contributed by atoms with Crippen LogP contribution >= 0.6 is 62.5 Å². The summed E-state index contributed by atoms with van der Waals surface area (Å²) < 4.78 is 0.0330. The van der Waals surface area contributed by atoms with E-state index in [4.69, 9.17) is 34.8 Å². The van der Waals surface area contributed by atoms with Crippen LogP contribution in [0.3, 0.4) is 0 Å². The monoisotopic (exact) mass is 409 g/mol. The van der Waals surface area contributed by atoms with Gasteiger partial charge in [-0.1, -0.05) is 67.4 Å². The quantitative estimate of drug-likeness (QED) is 0.190. The zero-order chi connectivity index (χ0) is 14.8. The van der Waals surface area contributed by atoms with E-state index in [0.29, 0.717) is 0 Å². The molecule has 8 heteroatoms. The fourth-order valence-electron chi connectivity index (χ4n) is 1.26. The van der Waals surface area contributed by atoms with Crippen LogP contribution in [0.2, 0.25) is 0 Å². The molecule has 0 aliphatic heterocycles. The Morgan fingerprint density at radius 3 is 2.26 bits per heavy atom. The number of rotatable bonds is 9. The first-order valence-corrected chi connectivity index (χ1v) is 8.71. The standard InChI is InChI=1S/C11H15BrCl3NO2S/c1-2-3-4-5-6-7-19-11(15)9(16(17)18)8(13)10(12)14/h2-7H2,1H3/b10-8-,11-9-. The van der Waals surface area contributed by atoms with Crippen LogP contribution in [0.15, 0.2) is 19.0 Å². The lowest BCUT2D eigenvalue weighted by molar-refractivity contribution is -0.419. The molecule has 0 radical (unpaired) electrons. The van der Waals surface area contributed by atoms with Crippen molar-refractivity contribution in [3.05, 3.63) is 29.1 Å². The molecule has 0 aromatic rings. The third-order valence-electron chi connectivity index (χ3n) is 2.22. The van der Waals surface area contributed by atoms with Gasteiger partial charge in [0.05, 0.1) is 4.92 Å². The lowest BCUT2D eigenvalue weighted by atomic mass is 10.2. The van der Waals surface area contributed by atoms with Gasteiger partial charge in [-0.3, -0.25) is 10.1 Å². The maximum atomic E-state index is 10.9.